The second kappa shape index (κ2) is 7.03. The number of hydrogen-bond acceptors (Lipinski definition) is 2. The van der Waals surface area contributed by atoms with E-state index in [0.29, 0.717) is 17.0 Å². The van der Waals surface area contributed by atoms with Gasteiger partial charge in [-0.2, -0.15) is 18.3 Å². The van der Waals surface area contributed by atoms with Gasteiger partial charge in [0.15, 0.2) is 0 Å². The fourth-order valence-electron chi connectivity index (χ4n) is 2.54. The van der Waals surface area contributed by atoms with Crippen LogP contribution in [0.15, 0.2) is 60.7 Å². The molecule has 0 aliphatic heterocycles. The number of alkyl halides is 3. The second-order valence-corrected chi connectivity index (χ2v) is 5.89. The second-order valence-electron chi connectivity index (χ2n) is 5.89. The molecule has 1 aromatic heterocycles. The van der Waals surface area contributed by atoms with Crippen LogP contribution in [0.4, 0.5) is 13.2 Å². The van der Waals surface area contributed by atoms with Crippen molar-refractivity contribution in [3.63, 3.8) is 0 Å². The zero-order chi connectivity index (χ0) is 18.7. The van der Waals surface area contributed by atoms with E-state index in [-0.39, 0.29) is 12.5 Å². The molecule has 3 rings (SSSR count). The maximum Gasteiger partial charge on any atom is 0.416 e. The molecule has 2 aromatic carbocycles. The lowest BCUT2D eigenvalue weighted by Gasteiger charge is -2.16. The van der Waals surface area contributed by atoms with Crippen molar-refractivity contribution in [3.05, 3.63) is 77.5 Å². The average Bonchev–Trinajstić information content (AvgIpc) is 3.11. The number of benzene rings is 2. The van der Waals surface area contributed by atoms with E-state index in [4.69, 9.17) is 0 Å². The molecule has 0 radical (unpaired) electrons. The van der Waals surface area contributed by atoms with Gasteiger partial charge in [-0.15, -0.1) is 0 Å². The lowest BCUT2D eigenvalue weighted by atomic mass is 10.1. The number of carbonyl (C=O) groups excluding carboxylic acids is 1. The lowest BCUT2D eigenvalue weighted by molar-refractivity contribution is -0.137. The number of nitrogens with one attached hydrogen (secondary N) is 1. The molecule has 0 fully saturated rings. The highest BCUT2D eigenvalue weighted by Crippen LogP contribution is 2.29. The third-order valence-electron chi connectivity index (χ3n) is 3.93. The van der Waals surface area contributed by atoms with Crippen molar-refractivity contribution in [1.82, 2.24) is 15.1 Å². The summed E-state index contributed by atoms with van der Waals surface area (Å²) in [5, 5.41) is 6.85. The molecule has 26 heavy (non-hydrogen) atoms. The van der Waals surface area contributed by atoms with Gasteiger partial charge in [0.25, 0.3) is 5.91 Å². The van der Waals surface area contributed by atoms with Crippen molar-refractivity contribution in [3.8, 4) is 11.3 Å². The predicted molar refractivity (Wildman–Crippen MR) is 91.3 cm³/mol. The highest BCUT2D eigenvalue weighted by molar-refractivity contribution is 5.93. The quantitative estimate of drug-likeness (QED) is 0.752. The third-order valence-corrected chi connectivity index (χ3v) is 3.93. The molecular formula is C19H16F3N3O. The molecule has 1 heterocycles. The fraction of sp³-hybridized carbons (Fsp3) is 0.158. The Bertz CT molecular complexity index is 886. The molecule has 0 bridgehead atoms. The summed E-state index contributed by atoms with van der Waals surface area (Å²) in [4.78, 5) is 13.9. The maximum atomic E-state index is 12.6. The van der Waals surface area contributed by atoms with Gasteiger partial charge < -0.3 is 4.90 Å². The zero-order valence-corrected chi connectivity index (χ0v) is 13.9. The number of aromatic amines is 1. The summed E-state index contributed by atoms with van der Waals surface area (Å²) in [7, 11) is 1.59. The maximum absolute atomic E-state index is 12.6. The molecule has 0 unspecified atom stereocenters. The highest BCUT2D eigenvalue weighted by Gasteiger charge is 2.30. The van der Waals surface area contributed by atoms with Crippen molar-refractivity contribution in [2.45, 2.75) is 12.7 Å². The van der Waals surface area contributed by atoms with Gasteiger partial charge in [-0.05, 0) is 23.8 Å². The number of carbonyl (C=O) groups is 1. The lowest BCUT2D eigenvalue weighted by Crippen LogP contribution is -2.26. The van der Waals surface area contributed by atoms with Crippen LogP contribution in [-0.2, 0) is 12.7 Å². The number of aromatic nitrogens is 2. The third kappa shape index (κ3) is 3.93. The summed E-state index contributed by atoms with van der Waals surface area (Å²) in [6, 6.07) is 15.8. The van der Waals surface area contributed by atoms with Gasteiger partial charge in [-0.1, -0.05) is 42.5 Å². The molecule has 1 N–H and O–H groups in total. The Kier molecular flexibility index (Phi) is 4.79. The minimum Gasteiger partial charge on any atom is -0.336 e. The summed E-state index contributed by atoms with van der Waals surface area (Å²) in [6.45, 7) is 0.191. The molecule has 0 aliphatic rings. The Balaban J connectivity index is 1.69. The number of H-pyrrole nitrogens is 1. The van der Waals surface area contributed by atoms with E-state index >= 15 is 0 Å². The Labute approximate surface area is 148 Å². The standard InChI is InChI=1S/C19H16F3N3O/c1-25(12-13-7-9-15(10-8-13)19(20,21)22)18(26)17-11-16(23-24-17)14-5-3-2-4-6-14/h2-11H,12H2,1H3,(H,23,24). The smallest absolute Gasteiger partial charge is 0.336 e. The van der Waals surface area contributed by atoms with Gasteiger partial charge in [-0.25, -0.2) is 0 Å². The Morgan fingerprint density at radius 2 is 1.73 bits per heavy atom. The molecule has 0 aliphatic carbocycles. The number of amides is 1. The van der Waals surface area contributed by atoms with E-state index in [1.807, 2.05) is 30.3 Å². The first-order chi connectivity index (χ1) is 12.3. The number of rotatable bonds is 4. The zero-order valence-electron chi connectivity index (χ0n) is 13.9. The number of nitrogens with zero attached hydrogens (tertiary/aromatic N) is 2. The SMILES string of the molecule is CN(Cc1ccc(C(F)(F)F)cc1)C(=O)c1cc(-c2ccccc2)n[nH]1. The first-order valence-corrected chi connectivity index (χ1v) is 7.87. The topological polar surface area (TPSA) is 49.0 Å². The van der Waals surface area contributed by atoms with Crippen molar-refractivity contribution in [2.24, 2.45) is 0 Å². The number of halogens is 3. The van der Waals surface area contributed by atoms with Crippen molar-refractivity contribution < 1.29 is 18.0 Å². The molecule has 0 spiro atoms. The monoisotopic (exact) mass is 359 g/mol. The highest BCUT2D eigenvalue weighted by atomic mass is 19.4. The van der Waals surface area contributed by atoms with E-state index < -0.39 is 11.7 Å². The fourth-order valence-corrected chi connectivity index (χ4v) is 2.54. The van der Waals surface area contributed by atoms with Gasteiger partial charge in [0.05, 0.1) is 11.3 Å². The van der Waals surface area contributed by atoms with Gasteiger partial charge >= 0.3 is 6.18 Å². The predicted octanol–water partition coefficient (Wildman–Crippen LogP) is 4.37. The largest absolute Gasteiger partial charge is 0.416 e. The van der Waals surface area contributed by atoms with Crippen LogP contribution < -0.4 is 0 Å². The molecule has 0 atom stereocenters. The van der Waals surface area contributed by atoms with Crippen LogP contribution in [0.3, 0.4) is 0 Å². The molecule has 134 valence electrons. The number of hydrogen-bond donors (Lipinski definition) is 1. The Morgan fingerprint density at radius 3 is 2.35 bits per heavy atom. The van der Waals surface area contributed by atoms with Crippen LogP contribution in [0.1, 0.15) is 21.6 Å². The van der Waals surface area contributed by atoms with Gasteiger partial charge in [0, 0.05) is 19.2 Å². The summed E-state index contributed by atoms with van der Waals surface area (Å²) < 4.78 is 37.8. The van der Waals surface area contributed by atoms with Crippen LogP contribution in [-0.4, -0.2) is 28.1 Å². The van der Waals surface area contributed by atoms with Crippen molar-refractivity contribution in [1.29, 1.82) is 0 Å². The molecule has 1 amide bonds. The molecule has 4 nitrogen and oxygen atoms in total. The normalized spacial score (nSPS) is 11.4. The van der Waals surface area contributed by atoms with E-state index in [2.05, 4.69) is 10.2 Å². The minimum atomic E-state index is -4.37. The first kappa shape index (κ1) is 17.7. The summed E-state index contributed by atoms with van der Waals surface area (Å²) in [5.41, 5.74) is 1.75. The Hall–Kier alpha value is -3.09. The van der Waals surface area contributed by atoms with Gasteiger partial charge in [0.1, 0.15) is 5.69 Å². The molecule has 3 aromatic rings. The first-order valence-electron chi connectivity index (χ1n) is 7.87. The van der Waals surface area contributed by atoms with Crippen molar-refractivity contribution >= 4 is 5.91 Å². The van der Waals surface area contributed by atoms with Crippen LogP contribution >= 0.6 is 0 Å². The van der Waals surface area contributed by atoms with E-state index in [1.165, 1.54) is 17.0 Å². The summed E-state index contributed by atoms with van der Waals surface area (Å²) >= 11 is 0. The van der Waals surface area contributed by atoms with Crippen LogP contribution in [0.25, 0.3) is 11.3 Å². The molecule has 0 saturated heterocycles. The minimum absolute atomic E-state index is 0.191. The van der Waals surface area contributed by atoms with Gasteiger partial charge in [-0.3, -0.25) is 9.89 Å². The van der Waals surface area contributed by atoms with Crippen molar-refractivity contribution in [2.75, 3.05) is 7.05 Å². The molecule has 7 heteroatoms. The van der Waals surface area contributed by atoms with E-state index in [0.717, 1.165) is 17.7 Å². The van der Waals surface area contributed by atoms with Crippen LogP contribution in [0, 0.1) is 0 Å². The van der Waals surface area contributed by atoms with Crippen LogP contribution in [0.2, 0.25) is 0 Å². The van der Waals surface area contributed by atoms with Gasteiger partial charge in [0.2, 0.25) is 0 Å². The summed E-state index contributed by atoms with van der Waals surface area (Å²) in [6.07, 6.45) is -4.37. The summed E-state index contributed by atoms with van der Waals surface area (Å²) in [5.74, 6) is -0.292. The molecular weight excluding hydrogens is 343 g/mol. The van der Waals surface area contributed by atoms with E-state index in [1.54, 1.807) is 13.1 Å². The molecule has 0 saturated carbocycles. The Morgan fingerprint density at radius 1 is 1.08 bits per heavy atom. The van der Waals surface area contributed by atoms with Crippen LogP contribution in [0.5, 0.6) is 0 Å². The van der Waals surface area contributed by atoms with E-state index in [9.17, 15) is 18.0 Å². The average molecular weight is 359 g/mol.